The Kier molecular flexibility index (Phi) is 5.59. The van der Waals surface area contributed by atoms with Crippen molar-refractivity contribution >= 4 is 22.8 Å². The smallest absolute Gasteiger partial charge is 0.433 e. The quantitative estimate of drug-likeness (QED) is 0.446. The topological polar surface area (TPSA) is 89.0 Å². The zero-order valence-corrected chi connectivity index (χ0v) is 16.6. The fraction of sp³-hybridized carbons (Fsp3) is 0.0909. The Morgan fingerprint density at radius 2 is 1.69 bits per heavy atom. The molecule has 0 aliphatic carbocycles. The third kappa shape index (κ3) is 4.15. The van der Waals surface area contributed by atoms with Crippen molar-refractivity contribution in [3.8, 4) is 17.0 Å². The first-order valence-corrected chi connectivity index (χ1v) is 9.37. The molecule has 0 radical (unpaired) electrons. The van der Waals surface area contributed by atoms with Crippen molar-refractivity contribution in [1.29, 1.82) is 0 Å². The van der Waals surface area contributed by atoms with Crippen molar-refractivity contribution in [2.45, 2.75) is 6.18 Å². The third-order valence-corrected chi connectivity index (χ3v) is 4.56. The van der Waals surface area contributed by atoms with Crippen LogP contribution in [0.1, 0.15) is 16.1 Å². The third-order valence-electron chi connectivity index (χ3n) is 4.56. The van der Waals surface area contributed by atoms with Crippen molar-refractivity contribution in [3.05, 3.63) is 78.1 Å². The van der Waals surface area contributed by atoms with Gasteiger partial charge in [0.25, 0.3) is 5.91 Å². The fourth-order valence-corrected chi connectivity index (χ4v) is 3.16. The number of carbonyl (C=O) groups is 1. The van der Waals surface area contributed by atoms with Crippen molar-refractivity contribution in [2.75, 3.05) is 12.5 Å². The van der Waals surface area contributed by atoms with E-state index >= 15 is 0 Å². The first-order chi connectivity index (χ1) is 15.4. The van der Waals surface area contributed by atoms with E-state index < -0.39 is 23.7 Å². The molecule has 0 atom stereocenters. The van der Waals surface area contributed by atoms with E-state index in [-0.39, 0.29) is 11.3 Å². The molecule has 0 unspecified atom stereocenters. The van der Waals surface area contributed by atoms with E-state index in [0.717, 1.165) is 17.8 Å². The summed E-state index contributed by atoms with van der Waals surface area (Å²) in [5.41, 5.74) is 5.44. The number of hydrogen-bond donors (Lipinski definition) is 2. The number of nitrogens with one attached hydrogen (secondary N) is 2. The molecule has 7 nitrogen and oxygen atoms in total. The molecule has 10 heteroatoms. The van der Waals surface area contributed by atoms with Gasteiger partial charge in [0.15, 0.2) is 5.75 Å². The number of rotatable bonds is 5. The minimum atomic E-state index is -4.64. The number of pyridine rings is 1. The number of nitrogens with zero attached hydrogens (tertiary/aromatic N) is 3. The normalized spacial score (nSPS) is 11.2. The number of hydrazine groups is 1. The molecule has 2 aromatic carbocycles. The minimum Gasteiger partial charge on any atom is -0.494 e. The average molecular weight is 439 g/mol. The Labute approximate surface area is 180 Å². The van der Waals surface area contributed by atoms with Crippen LogP contribution in [0.25, 0.3) is 22.2 Å². The van der Waals surface area contributed by atoms with Gasteiger partial charge in [-0.05, 0) is 12.1 Å². The summed E-state index contributed by atoms with van der Waals surface area (Å²) in [4.78, 5) is 24.8. The van der Waals surface area contributed by atoms with Crippen molar-refractivity contribution in [2.24, 2.45) is 0 Å². The van der Waals surface area contributed by atoms with Gasteiger partial charge in [0.2, 0.25) is 5.95 Å². The fourth-order valence-electron chi connectivity index (χ4n) is 3.16. The Balaban J connectivity index is 1.74. The summed E-state index contributed by atoms with van der Waals surface area (Å²) in [6.45, 7) is 0. The van der Waals surface area contributed by atoms with Crippen LogP contribution in [-0.4, -0.2) is 28.0 Å². The van der Waals surface area contributed by atoms with E-state index in [1.54, 1.807) is 24.3 Å². The summed E-state index contributed by atoms with van der Waals surface area (Å²) in [6, 6.07) is 16.9. The number of carbonyl (C=O) groups excluding carboxylic acids is 1. The van der Waals surface area contributed by atoms with Gasteiger partial charge >= 0.3 is 6.18 Å². The molecule has 2 N–H and O–H groups in total. The van der Waals surface area contributed by atoms with Crippen LogP contribution < -0.4 is 15.6 Å². The highest BCUT2D eigenvalue weighted by Crippen LogP contribution is 2.36. The maximum Gasteiger partial charge on any atom is 0.433 e. The second-order valence-corrected chi connectivity index (χ2v) is 6.59. The predicted octanol–water partition coefficient (Wildman–Crippen LogP) is 4.48. The van der Waals surface area contributed by atoms with Crippen molar-refractivity contribution in [3.63, 3.8) is 0 Å². The van der Waals surface area contributed by atoms with Gasteiger partial charge in [0.1, 0.15) is 11.4 Å². The summed E-state index contributed by atoms with van der Waals surface area (Å²) in [6.07, 6.45) is -3.70. The number of fused-ring (bicyclic) bond motifs is 1. The van der Waals surface area contributed by atoms with Gasteiger partial charge in [0, 0.05) is 17.1 Å². The average Bonchev–Trinajstić information content (AvgIpc) is 2.81. The van der Waals surface area contributed by atoms with Gasteiger partial charge in [-0.25, -0.2) is 15.0 Å². The van der Waals surface area contributed by atoms with Crippen LogP contribution in [0, 0.1) is 0 Å². The second kappa shape index (κ2) is 8.50. The number of alkyl halides is 3. The van der Waals surface area contributed by atoms with Crippen LogP contribution >= 0.6 is 0 Å². The molecule has 0 bridgehead atoms. The Morgan fingerprint density at radius 3 is 2.41 bits per heavy atom. The molecule has 1 amide bonds. The van der Waals surface area contributed by atoms with Crippen molar-refractivity contribution in [1.82, 2.24) is 20.4 Å². The van der Waals surface area contributed by atoms with E-state index in [9.17, 15) is 18.0 Å². The van der Waals surface area contributed by atoms with Crippen LogP contribution in [0.15, 0.2) is 66.9 Å². The SMILES string of the molecule is COc1c(-c2ccccc2)nc2ccccc2c1C(=O)NNc1nccc(C(F)(F)F)n1. The standard InChI is InChI=1S/C22H16F3N5O2/c1-32-19-17(20(31)29-30-21-26-12-11-16(28-21)22(23,24)25)14-9-5-6-10-15(14)27-18(19)13-7-3-2-4-8-13/h2-12H,1H3,(H,29,31)(H,26,28,30). The predicted molar refractivity (Wildman–Crippen MR) is 112 cm³/mol. The molecule has 4 rings (SSSR count). The van der Waals surface area contributed by atoms with Crippen LogP contribution in [0.4, 0.5) is 19.1 Å². The summed E-state index contributed by atoms with van der Waals surface area (Å²) in [5, 5.41) is 0.508. The lowest BCUT2D eigenvalue weighted by Gasteiger charge is -2.16. The summed E-state index contributed by atoms with van der Waals surface area (Å²) < 4.78 is 44.2. The highest BCUT2D eigenvalue weighted by molar-refractivity contribution is 6.10. The largest absolute Gasteiger partial charge is 0.494 e. The van der Waals surface area contributed by atoms with E-state index in [4.69, 9.17) is 4.74 Å². The molecular weight excluding hydrogens is 423 g/mol. The number of methoxy groups -OCH3 is 1. The number of amides is 1. The summed E-state index contributed by atoms with van der Waals surface area (Å²) in [7, 11) is 1.42. The number of anilines is 1. The molecular formula is C22H16F3N5O2. The maximum absolute atomic E-state index is 13.1. The van der Waals surface area contributed by atoms with Crippen molar-refractivity contribution < 1.29 is 22.7 Å². The molecule has 32 heavy (non-hydrogen) atoms. The maximum atomic E-state index is 13.1. The summed E-state index contributed by atoms with van der Waals surface area (Å²) >= 11 is 0. The molecule has 2 heterocycles. The van der Waals surface area contributed by atoms with Gasteiger partial charge in [0.05, 0.1) is 18.2 Å². The first-order valence-electron chi connectivity index (χ1n) is 9.37. The van der Waals surface area contributed by atoms with Gasteiger partial charge in [-0.3, -0.25) is 15.6 Å². The number of para-hydroxylation sites is 1. The van der Waals surface area contributed by atoms with Crippen LogP contribution in [-0.2, 0) is 6.18 Å². The molecule has 2 aromatic heterocycles. The number of halogens is 3. The van der Waals surface area contributed by atoms with E-state index in [2.05, 4.69) is 25.8 Å². The lowest BCUT2D eigenvalue weighted by atomic mass is 10.0. The molecule has 162 valence electrons. The monoisotopic (exact) mass is 439 g/mol. The molecule has 4 aromatic rings. The van der Waals surface area contributed by atoms with E-state index in [1.165, 1.54) is 7.11 Å². The molecule has 0 fully saturated rings. The Morgan fingerprint density at radius 1 is 0.969 bits per heavy atom. The molecule has 0 spiro atoms. The second-order valence-electron chi connectivity index (χ2n) is 6.59. The van der Waals surface area contributed by atoms with Gasteiger partial charge in [-0.2, -0.15) is 13.2 Å². The zero-order chi connectivity index (χ0) is 22.7. The Hall–Kier alpha value is -4.21. The van der Waals surface area contributed by atoms with Gasteiger partial charge in [-0.15, -0.1) is 0 Å². The zero-order valence-electron chi connectivity index (χ0n) is 16.6. The number of aromatic nitrogens is 3. The Bertz CT molecular complexity index is 1280. The minimum absolute atomic E-state index is 0.163. The van der Waals surface area contributed by atoms with Crippen LogP contribution in [0.2, 0.25) is 0 Å². The molecule has 0 saturated heterocycles. The molecule has 0 aliphatic heterocycles. The number of benzene rings is 2. The number of hydrogen-bond acceptors (Lipinski definition) is 6. The highest BCUT2D eigenvalue weighted by Gasteiger charge is 2.33. The molecule has 0 saturated carbocycles. The van der Waals surface area contributed by atoms with Crippen LogP contribution in [0.3, 0.4) is 0 Å². The summed E-state index contributed by atoms with van der Waals surface area (Å²) in [5.74, 6) is -0.841. The van der Waals surface area contributed by atoms with E-state index in [1.807, 2.05) is 30.3 Å². The lowest BCUT2D eigenvalue weighted by molar-refractivity contribution is -0.141. The van der Waals surface area contributed by atoms with E-state index in [0.29, 0.717) is 16.6 Å². The molecule has 0 aliphatic rings. The lowest BCUT2D eigenvalue weighted by Crippen LogP contribution is -2.31. The number of ether oxygens (including phenoxy) is 1. The van der Waals surface area contributed by atoms with Gasteiger partial charge in [-0.1, -0.05) is 48.5 Å². The highest BCUT2D eigenvalue weighted by atomic mass is 19.4. The van der Waals surface area contributed by atoms with Crippen LogP contribution in [0.5, 0.6) is 5.75 Å². The van der Waals surface area contributed by atoms with Gasteiger partial charge < -0.3 is 4.74 Å². The first kappa shape index (κ1) is 21.0.